The fourth-order valence-corrected chi connectivity index (χ4v) is 2.24. The third-order valence-corrected chi connectivity index (χ3v) is 4.04. The summed E-state index contributed by atoms with van der Waals surface area (Å²) in [6.07, 6.45) is 0.802. The van der Waals surface area contributed by atoms with Crippen LogP contribution in [-0.4, -0.2) is 30.3 Å². The van der Waals surface area contributed by atoms with E-state index in [0.29, 0.717) is 17.6 Å². The molecule has 19 heavy (non-hydrogen) atoms. The summed E-state index contributed by atoms with van der Waals surface area (Å²) in [5, 5.41) is 7.37. The van der Waals surface area contributed by atoms with Gasteiger partial charge in [0.2, 0.25) is 11.7 Å². The quantitative estimate of drug-likeness (QED) is 0.824. The molecule has 1 aromatic rings. The van der Waals surface area contributed by atoms with Crippen LogP contribution < -0.4 is 5.32 Å². The van der Waals surface area contributed by atoms with Crippen LogP contribution in [0.25, 0.3) is 0 Å². The molecule has 3 unspecified atom stereocenters. The summed E-state index contributed by atoms with van der Waals surface area (Å²) >= 11 is 0. The average Bonchev–Trinajstić information content (AvgIpc) is 2.87. The van der Waals surface area contributed by atoms with Gasteiger partial charge in [0.25, 0.3) is 0 Å². The van der Waals surface area contributed by atoms with Gasteiger partial charge in [-0.15, -0.1) is 0 Å². The van der Waals surface area contributed by atoms with Crippen molar-refractivity contribution in [3.8, 4) is 0 Å². The van der Waals surface area contributed by atoms with E-state index in [-0.39, 0.29) is 12.0 Å². The Balaban J connectivity index is 3.06. The van der Waals surface area contributed by atoms with Crippen molar-refractivity contribution in [2.75, 3.05) is 14.2 Å². The van der Waals surface area contributed by atoms with Crippen LogP contribution in [0, 0.1) is 5.92 Å². The van der Waals surface area contributed by atoms with E-state index in [2.05, 4.69) is 43.2 Å². The Kier molecular flexibility index (Phi) is 5.50. The molecule has 0 amide bonds. The van der Waals surface area contributed by atoms with Gasteiger partial charge in [0.1, 0.15) is 5.60 Å². The minimum Gasteiger partial charge on any atom is -0.370 e. The Hall–Kier alpha value is -0.940. The Labute approximate surface area is 116 Å². The van der Waals surface area contributed by atoms with E-state index in [1.54, 1.807) is 7.11 Å². The lowest BCUT2D eigenvalue weighted by atomic mass is 9.89. The minimum atomic E-state index is -0.480. The van der Waals surface area contributed by atoms with Gasteiger partial charge in [0, 0.05) is 13.2 Å². The molecule has 0 aliphatic heterocycles. The van der Waals surface area contributed by atoms with E-state index in [0.717, 1.165) is 6.42 Å². The van der Waals surface area contributed by atoms with Gasteiger partial charge < -0.3 is 14.6 Å². The average molecular weight is 269 g/mol. The number of hydrogen-bond donors (Lipinski definition) is 1. The number of hydrogen-bond acceptors (Lipinski definition) is 5. The molecule has 0 spiro atoms. The molecule has 110 valence electrons. The third kappa shape index (κ3) is 3.34. The Morgan fingerprint density at radius 3 is 2.42 bits per heavy atom. The zero-order chi connectivity index (χ0) is 14.6. The first kappa shape index (κ1) is 16.1. The monoisotopic (exact) mass is 269 g/mol. The summed E-state index contributed by atoms with van der Waals surface area (Å²) in [4.78, 5) is 4.57. The summed E-state index contributed by atoms with van der Waals surface area (Å²) < 4.78 is 11.0. The second-order valence-corrected chi connectivity index (χ2v) is 5.59. The first-order valence-electron chi connectivity index (χ1n) is 6.96. The Morgan fingerprint density at radius 2 is 2.00 bits per heavy atom. The molecule has 0 radical (unpaired) electrons. The predicted octanol–water partition coefficient (Wildman–Crippen LogP) is 2.69. The number of rotatable bonds is 7. The number of nitrogens with zero attached hydrogens (tertiary/aromatic N) is 2. The number of methoxy groups -OCH3 is 1. The Morgan fingerprint density at radius 1 is 1.37 bits per heavy atom. The molecule has 0 saturated carbocycles. The lowest BCUT2D eigenvalue weighted by molar-refractivity contribution is -0.0106. The van der Waals surface area contributed by atoms with E-state index in [1.165, 1.54) is 0 Å². The molecule has 0 aromatic carbocycles. The molecular formula is C14H27N3O2. The minimum absolute atomic E-state index is 0.198. The number of likely N-dealkylation sites (N-methyl/N-ethyl adjacent to an activating group) is 1. The fraction of sp³-hybridized carbons (Fsp3) is 0.857. The molecule has 0 aliphatic rings. The van der Waals surface area contributed by atoms with Gasteiger partial charge in [-0.1, -0.05) is 25.9 Å². The van der Waals surface area contributed by atoms with E-state index >= 15 is 0 Å². The topological polar surface area (TPSA) is 60.2 Å². The summed E-state index contributed by atoms with van der Waals surface area (Å²) in [7, 11) is 3.62. The van der Waals surface area contributed by atoms with Crippen LogP contribution in [0.1, 0.15) is 58.7 Å². The van der Waals surface area contributed by atoms with Crippen LogP contribution in [0.5, 0.6) is 0 Å². The van der Waals surface area contributed by atoms with Crippen LogP contribution in [0.3, 0.4) is 0 Å². The first-order chi connectivity index (χ1) is 8.89. The van der Waals surface area contributed by atoms with Gasteiger partial charge >= 0.3 is 0 Å². The third-order valence-electron chi connectivity index (χ3n) is 4.04. The standard InChI is InChI=1S/C14H27N3O2/c1-8-14(5,18-7)13-16-12(19-17-13)11(9(2)3)10(4)15-6/h9-11,15H,8H2,1-7H3. The van der Waals surface area contributed by atoms with Crippen molar-refractivity contribution in [3.63, 3.8) is 0 Å². The van der Waals surface area contributed by atoms with Gasteiger partial charge in [-0.25, -0.2) is 0 Å². The number of aromatic nitrogens is 2. The largest absolute Gasteiger partial charge is 0.370 e. The number of nitrogens with one attached hydrogen (secondary N) is 1. The van der Waals surface area contributed by atoms with Crippen molar-refractivity contribution in [1.29, 1.82) is 0 Å². The highest BCUT2D eigenvalue weighted by atomic mass is 16.5. The summed E-state index contributed by atoms with van der Waals surface area (Å²) in [6.45, 7) is 10.5. The smallest absolute Gasteiger partial charge is 0.231 e. The fourth-order valence-electron chi connectivity index (χ4n) is 2.24. The van der Waals surface area contributed by atoms with Crippen LogP contribution >= 0.6 is 0 Å². The van der Waals surface area contributed by atoms with Gasteiger partial charge in [-0.05, 0) is 33.2 Å². The van der Waals surface area contributed by atoms with Gasteiger partial charge in [-0.3, -0.25) is 0 Å². The molecule has 0 saturated heterocycles. The lowest BCUT2D eigenvalue weighted by Crippen LogP contribution is -2.32. The van der Waals surface area contributed by atoms with Gasteiger partial charge in [0.15, 0.2) is 0 Å². The molecule has 1 rings (SSSR count). The molecule has 0 fully saturated rings. The highest BCUT2D eigenvalue weighted by molar-refractivity contribution is 5.04. The second kappa shape index (κ2) is 6.48. The molecule has 0 bridgehead atoms. The summed E-state index contributed by atoms with van der Waals surface area (Å²) in [5.74, 6) is 1.93. The molecule has 1 heterocycles. The van der Waals surface area contributed by atoms with Crippen LogP contribution in [0.15, 0.2) is 4.52 Å². The van der Waals surface area contributed by atoms with Gasteiger partial charge in [0.05, 0.1) is 5.92 Å². The molecule has 1 N–H and O–H groups in total. The van der Waals surface area contributed by atoms with E-state index in [4.69, 9.17) is 9.26 Å². The number of ether oxygens (including phenoxy) is 1. The van der Waals surface area contributed by atoms with E-state index < -0.39 is 5.60 Å². The summed E-state index contributed by atoms with van der Waals surface area (Å²) in [5.41, 5.74) is -0.480. The molecule has 5 nitrogen and oxygen atoms in total. The van der Waals surface area contributed by atoms with Crippen molar-refractivity contribution < 1.29 is 9.26 Å². The van der Waals surface area contributed by atoms with Crippen molar-refractivity contribution in [2.24, 2.45) is 5.92 Å². The Bertz CT molecular complexity index is 386. The lowest BCUT2D eigenvalue weighted by Gasteiger charge is -2.24. The molecule has 5 heteroatoms. The highest BCUT2D eigenvalue weighted by Crippen LogP contribution is 2.30. The maximum absolute atomic E-state index is 5.51. The van der Waals surface area contributed by atoms with Crippen molar-refractivity contribution >= 4 is 0 Å². The van der Waals surface area contributed by atoms with E-state index in [1.807, 2.05) is 14.0 Å². The maximum atomic E-state index is 5.51. The molecule has 1 aromatic heterocycles. The normalized spacial score (nSPS) is 18.3. The van der Waals surface area contributed by atoms with Gasteiger partial charge in [-0.2, -0.15) is 4.98 Å². The van der Waals surface area contributed by atoms with Crippen molar-refractivity contribution in [2.45, 2.75) is 58.6 Å². The van der Waals surface area contributed by atoms with Crippen molar-refractivity contribution in [1.82, 2.24) is 15.5 Å². The SMILES string of the molecule is CCC(C)(OC)c1noc(C(C(C)C)C(C)NC)n1. The van der Waals surface area contributed by atoms with Crippen LogP contribution in [-0.2, 0) is 10.3 Å². The van der Waals surface area contributed by atoms with Crippen LogP contribution in [0.4, 0.5) is 0 Å². The van der Waals surface area contributed by atoms with Crippen LogP contribution in [0.2, 0.25) is 0 Å². The predicted molar refractivity (Wildman–Crippen MR) is 75.1 cm³/mol. The molecule has 3 atom stereocenters. The molecule has 0 aliphatic carbocycles. The first-order valence-corrected chi connectivity index (χ1v) is 6.96. The second-order valence-electron chi connectivity index (χ2n) is 5.59. The highest BCUT2D eigenvalue weighted by Gasteiger charge is 2.33. The summed E-state index contributed by atoms with van der Waals surface area (Å²) in [6, 6.07) is 0.281. The van der Waals surface area contributed by atoms with Crippen molar-refractivity contribution in [3.05, 3.63) is 11.7 Å². The maximum Gasteiger partial charge on any atom is 0.231 e. The molecular weight excluding hydrogens is 242 g/mol. The zero-order valence-corrected chi connectivity index (χ0v) is 13.2. The zero-order valence-electron chi connectivity index (χ0n) is 13.2. The van der Waals surface area contributed by atoms with E-state index in [9.17, 15) is 0 Å².